The maximum atomic E-state index is 12.7. The SMILES string of the molecule is COc1ccc(OC)c(N2C(SCC(=O)Nc3c(C)cccc3C)=NC3CS(=O)(=O)CC32)c1. The molecular formula is C23H27N3O5S2. The van der Waals surface area contributed by atoms with Gasteiger partial charge in [-0.05, 0) is 37.1 Å². The minimum atomic E-state index is -3.20. The van der Waals surface area contributed by atoms with E-state index in [-0.39, 0.29) is 35.2 Å². The predicted molar refractivity (Wildman–Crippen MR) is 133 cm³/mol. The second kappa shape index (κ2) is 9.26. The van der Waals surface area contributed by atoms with Crippen LogP contribution in [0, 0.1) is 13.8 Å². The molecule has 33 heavy (non-hydrogen) atoms. The van der Waals surface area contributed by atoms with Crippen LogP contribution in [-0.4, -0.2) is 63.1 Å². The molecule has 1 N–H and O–H groups in total. The molecule has 0 aliphatic carbocycles. The van der Waals surface area contributed by atoms with E-state index < -0.39 is 9.84 Å². The summed E-state index contributed by atoms with van der Waals surface area (Å²) in [5.74, 6) is 1.18. The molecule has 2 aliphatic rings. The minimum Gasteiger partial charge on any atom is -0.497 e. The number of methoxy groups -OCH3 is 2. The molecule has 4 rings (SSSR count). The number of carbonyl (C=O) groups is 1. The van der Waals surface area contributed by atoms with Gasteiger partial charge in [0.2, 0.25) is 5.91 Å². The van der Waals surface area contributed by atoms with Crippen LogP contribution in [0.3, 0.4) is 0 Å². The molecule has 176 valence electrons. The van der Waals surface area contributed by atoms with Crippen molar-refractivity contribution in [2.24, 2.45) is 4.99 Å². The zero-order chi connectivity index (χ0) is 23.8. The number of carbonyl (C=O) groups excluding carboxylic acids is 1. The fraction of sp³-hybridized carbons (Fsp3) is 0.391. The summed E-state index contributed by atoms with van der Waals surface area (Å²) in [5.41, 5.74) is 3.47. The molecule has 0 bridgehead atoms. The highest BCUT2D eigenvalue weighted by Gasteiger charge is 2.48. The Bertz CT molecular complexity index is 1190. The number of sulfone groups is 1. The molecule has 8 nitrogen and oxygen atoms in total. The van der Waals surface area contributed by atoms with Crippen molar-refractivity contribution >= 4 is 44.0 Å². The molecule has 2 atom stereocenters. The van der Waals surface area contributed by atoms with Crippen LogP contribution < -0.4 is 19.7 Å². The second-order valence-corrected chi connectivity index (χ2v) is 11.2. The smallest absolute Gasteiger partial charge is 0.234 e. The van der Waals surface area contributed by atoms with Crippen molar-refractivity contribution in [1.82, 2.24) is 0 Å². The number of thioether (sulfide) groups is 1. The van der Waals surface area contributed by atoms with Gasteiger partial charge in [0, 0.05) is 11.8 Å². The van der Waals surface area contributed by atoms with Gasteiger partial charge in [-0.15, -0.1) is 0 Å². The predicted octanol–water partition coefficient (Wildman–Crippen LogP) is 3.03. The van der Waals surface area contributed by atoms with E-state index in [1.807, 2.05) is 36.9 Å². The third-order valence-electron chi connectivity index (χ3n) is 5.83. The van der Waals surface area contributed by atoms with Gasteiger partial charge in [0.15, 0.2) is 15.0 Å². The number of rotatable bonds is 6. The van der Waals surface area contributed by atoms with Crippen LogP contribution in [0.5, 0.6) is 11.5 Å². The van der Waals surface area contributed by atoms with Gasteiger partial charge in [-0.3, -0.25) is 9.79 Å². The maximum Gasteiger partial charge on any atom is 0.234 e. The summed E-state index contributed by atoms with van der Waals surface area (Å²) in [6.07, 6.45) is 0. The lowest BCUT2D eigenvalue weighted by atomic mass is 10.1. The standard InChI is InChI=1S/C23H27N3O5S2/c1-14-6-5-7-15(2)22(14)25-21(27)11-32-23-24-17-12-33(28,29)13-19(17)26(23)18-10-16(30-3)8-9-20(18)31-4/h5-10,17,19H,11-13H2,1-4H3,(H,25,27). The Morgan fingerprint density at radius 2 is 1.88 bits per heavy atom. The number of hydrogen-bond acceptors (Lipinski definition) is 8. The number of hydrogen-bond donors (Lipinski definition) is 1. The van der Waals surface area contributed by atoms with Crippen LogP contribution in [0.2, 0.25) is 0 Å². The van der Waals surface area contributed by atoms with Gasteiger partial charge in [0.05, 0.1) is 49.2 Å². The normalized spacial score (nSPS) is 20.8. The average Bonchev–Trinajstić information content (AvgIpc) is 3.25. The van der Waals surface area contributed by atoms with E-state index in [0.29, 0.717) is 22.4 Å². The number of anilines is 2. The highest BCUT2D eigenvalue weighted by atomic mass is 32.2. The molecule has 1 saturated heterocycles. The lowest BCUT2D eigenvalue weighted by Gasteiger charge is -2.28. The highest BCUT2D eigenvalue weighted by molar-refractivity contribution is 8.14. The first-order valence-corrected chi connectivity index (χ1v) is 13.3. The van der Waals surface area contributed by atoms with Gasteiger partial charge < -0.3 is 19.7 Å². The summed E-state index contributed by atoms with van der Waals surface area (Å²) in [4.78, 5) is 19.3. The molecule has 1 amide bonds. The van der Waals surface area contributed by atoms with Crippen LogP contribution in [0.25, 0.3) is 0 Å². The molecule has 2 aliphatic heterocycles. The third-order valence-corrected chi connectivity index (χ3v) is 8.50. The number of benzene rings is 2. The van der Waals surface area contributed by atoms with Crippen LogP contribution in [-0.2, 0) is 14.6 Å². The van der Waals surface area contributed by atoms with Gasteiger partial charge in [0.1, 0.15) is 11.5 Å². The summed E-state index contributed by atoms with van der Waals surface area (Å²) in [5, 5.41) is 3.59. The quantitative estimate of drug-likeness (QED) is 0.666. The number of amides is 1. The number of nitrogens with zero attached hydrogens (tertiary/aromatic N) is 2. The highest BCUT2D eigenvalue weighted by Crippen LogP contribution is 2.41. The van der Waals surface area contributed by atoms with E-state index in [1.54, 1.807) is 32.4 Å². The monoisotopic (exact) mass is 489 g/mol. The molecule has 2 unspecified atom stereocenters. The number of aliphatic imine (C=N–C) groups is 1. The van der Waals surface area contributed by atoms with E-state index >= 15 is 0 Å². The van der Waals surface area contributed by atoms with Crippen molar-refractivity contribution in [2.75, 3.05) is 41.7 Å². The van der Waals surface area contributed by atoms with Crippen LogP contribution >= 0.6 is 11.8 Å². The maximum absolute atomic E-state index is 12.7. The number of aryl methyl sites for hydroxylation is 2. The third kappa shape index (κ3) is 4.81. The number of fused-ring (bicyclic) bond motifs is 1. The van der Waals surface area contributed by atoms with Gasteiger partial charge in [0.25, 0.3) is 0 Å². The van der Waals surface area contributed by atoms with Crippen molar-refractivity contribution in [2.45, 2.75) is 25.9 Å². The summed E-state index contributed by atoms with van der Waals surface area (Å²) in [6, 6.07) is 10.5. The molecule has 0 saturated carbocycles. The first-order chi connectivity index (χ1) is 15.7. The molecule has 0 aromatic heterocycles. The molecular weight excluding hydrogens is 462 g/mol. The second-order valence-electron chi connectivity index (χ2n) is 8.13. The molecule has 2 aromatic rings. The zero-order valence-electron chi connectivity index (χ0n) is 19.0. The fourth-order valence-electron chi connectivity index (χ4n) is 4.22. The molecule has 2 heterocycles. The van der Waals surface area contributed by atoms with E-state index in [9.17, 15) is 13.2 Å². The Morgan fingerprint density at radius 1 is 1.15 bits per heavy atom. The Hall–Kier alpha value is -2.72. The Labute approximate surface area is 198 Å². The Morgan fingerprint density at radius 3 is 2.55 bits per heavy atom. The molecule has 0 spiro atoms. The van der Waals surface area contributed by atoms with E-state index in [2.05, 4.69) is 5.32 Å². The Kier molecular flexibility index (Phi) is 6.58. The van der Waals surface area contributed by atoms with Crippen LogP contribution in [0.15, 0.2) is 41.4 Å². The number of para-hydroxylation sites is 1. The number of nitrogens with one attached hydrogen (secondary N) is 1. The van der Waals surface area contributed by atoms with Crippen molar-refractivity contribution in [1.29, 1.82) is 0 Å². The molecule has 10 heteroatoms. The van der Waals surface area contributed by atoms with Crippen LogP contribution in [0.4, 0.5) is 11.4 Å². The minimum absolute atomic E-state index is 0.000190. The van der Waals surface area contributed by atoms with Gasteiger partial charge in [-0.25, -0.2) is 8.42 Å². The first-order valence-electron chi connectivity index (χ1n) is 10.5. The average molecular weight is 490 g/mol. The van der Waals surface area contributed by atoms with E-state index in [1.165, 1.54) is 11.8 Å². The molecule has 1 fully saturated rings. The van der Waals surface area contributed by atoms with Gasteiger partial charge in [-0.1, -0.05) is 30.0 Å². The summed E-state index contributed by atoms with van der Waals surface area (Å²) >= 11 is 1.29. The van der Waals surface area contributed by atoms with Crippen molar-refractivity contribution in [3.63, 3.8) is 0 Å². The van der Waals surface area contributed by atoms with Crippen LogP contribution in [0.1, 0.15) is 11.1 Å². The largest absolute Gasteiger partial charge is 0.497 e. The summed E-state index contributed by atoms with van der Waals surface area (Å²) < 4.78 is 35.6. The zero-order valence-corrected chi connectivity index (χ0v) is 20.6. The molecule has 2 aromatic carbocycles. The lowest BCUT2D eigenvalue weighted by molar-refractivity contribution is -0.113. The van der Waals surface area contributed by atoms with Gasteiger partial charge in [-0.2, -0.15) is 0 Å². The fourth-order valence-corrected chi connectivity index (χ4v) is 6.98. The summed E-state index contributed by atoms with van der Waals surface area (Å²) in [6.45, 7) is 3.91. The molecule has 0 radical (unpaired) electrons. The van der Waals surface area contributed by atoms with E-state index in [0.717, 1.165) is 16.8 Å². The Balaban J connectivity index is 1.59. The first kappa shape index (κ1) is 23.4. The van der Waals surface area contributed by atoms with Crippen molar-refractivity contribution in [3.8, 4) is 11.5 Å². The summed E-state index contributed by atoms with van der Waals surface area (Å²) in [7, 11) is -0.0648. The topological polar surface area (TPSA) is 97.3 Å². The van der Waals surface area contributed by atoms with E-state index in [4.69, 9.17) is 14.5 Å². The number of amidine groups is 1. The van der Waals surface area contributed by atoms with Crippen molar-refractivity contribution < 1.29 is 22.7 Å². The van der Waals surface area contributed by atoms with Crippen molar-refractivity contribution in [3.05, 3.63) is 47.5 Å². The number of ether oxygens (including phenoxy) is 2. The van der Waals surface area contributed by atoms with Gasteiger partial charge >= 0.3 is 0 Å². The lowest BCUT2D eigenvalue weighted by Crippen LogP contribution is -2.39.